The standard InChI is InChI=1S/C16H24N2OS/c1-12(2)10-18-11-14-4-5-16(15(8-14)9-17)20-13(3)6-7-19/h4-5,8,12-13,18-19H,6-7,10-11H2,1-3H3. The van der Waals surface area contributed by atoms with Crippen LogP contribution in [0.3, 0.4) is 0 Å². The van der Waals surface area contributed by atoms with E-state index in [0.29, 0.717) is 11.2 Å². The normalized spacial score (nSPS) is 12.4. The number of hydrogen-bond acceptors (Lipinski definition) is 4. The first-order valence-corrected chi connectivity index (χ1v) is 7.96. The Labute approximate surface area is 126 Å². The van der Waals surface area contributed by atoms with Crippen LogP contribution in [0.15, 0.2) is 23.1 Å². The summed E-state index contributed by atoms with van der Waals surface area (Å²) in [6.07, 6.45) is 0.743. The van der Waals surface area contributed by atoms with E-state index in [2.05, 4.69) is 38.2 Å². The summed E-state index contributed by atoms with van der Waals surface area (Å²) < 4.78 is 0. The fraction of sp³-hybridized carbons (Fsp3) is 0.562. The molecule has 0 aromatic heterocycles. The maximum Gasteiger partial charge on any atom is 0.100 e. The molecule has 0 aliphatic carbocycles. The number of aliphatic hydroxyl groups excluding tert-OH is 1. The SMILES string of the molecule is CC(C)CNCc1ccc(SC(C)CCO)c(C#N)c1. The maximum atomic E-state index is 9.27. The van der Waals surface area contributed by atoms with E-state index in [1.807, 2.05) is 12.1 Å². The summed E-state index contributed by atoms with van der Waals surface area (Å²) in [5, 5.41) is 21.9. The molecule has 0 spiro atoms. The molecule has 1 atom stereocenters. The van der Waals surface area contributed by atoms with Crippen LogP contribution in [0.1, 0.15) is 38.3 Å². The highest BCUT2D eigenvalue weighted by Crippen LogP contribution is 2.28. The van der Waals surface area contributed by atoms with E-state index < -0.39 is 0 Å². The molecule has 0 amide bonds. The predicted octanol–water partition coefficient (Wildman–Crippen LogP) is 3.17. The average Bonchev–Trinajstić information content (AvgIpc) is 2.40. The van der Waals surface area contributed by atoms with Crippen LogP contribution in [-0.4, -0.2) is 23.5 Å². The van der Waals surface area contributed by atoms with Gasteiger partial charge in [0.25, 0.3) is 0 Å². The zero-order valence-electron chi connectivity index (χ0n) is 12.5. The van der Waals surface area contributed by atoms with Gasteiger partial charge in [0.05, 0.1) is 5.56 Å². The molecule has 20 heavy (non-hydrogen) atoms. The van der Waals surface area contributed by atoms with Gasteiger partial charge < -0.3 is 10.4 Å². The number of benzene rings is 1. The minimum atomic E-state index is 0.188. The molecular weight excluding hydrogens is 268 g/mol. The molecule has 3 nitrogen and oxygen atoms in total. The molecule has 0 fully saturated rings. The van der Waals surface area contributed by atoms with Crippen molar-refractivity contribution in [1.29, 1.82) is 5.26 Å². The highest BCUT2D eigenvalue weighted by Gasteiger charge is 2.09. The van der Waals surface area contributed by atoms with Gasteiger partial charge in [-0.1, -0.05) is 26.8 Å². The molecule has 0 saturated heterocycles. The maximum absolute atomic E-state index is 9.27. The Morgan fingerprint density at radius 1 is 1.35 bits per heavy atom. The third kappa shape index (κ3) is 5.96. The lowest BCUT2D eigenvalue weighted by Crippen LogP contribution is -2.19. The number of rotatable bonds is 8. The van der Waals surface area contributed by atoms with Crippen molar-refractivity contribution in [2.45, 2.75) is 43.9 Å². The largest absolute Gasteiger partial charge is 0.396 e. The molecule has 1 aromatic carbocycles. The van der Waals surface area contributed by atoms with Gasteiger partial charge in [-0.3, -0.25) is 0 Å². The van der Waals surface area contributed by atoms with Gasteiger partial charge in [0.15, 0.2) is 0 Å². The Hall–Kier alpha value is -1.02. The molecule has 0 heterocycles. The highest BCUT2D eigenvalue weighted by atomic mass is 32.2. The van der Waals surface area contributed by atoms with Gasteiger partial charge in [-0.05, 0) is 36.6 Å². The van der Waals surface area contributed by atoms with Gasteiger partial charge >= 0.3 is 0 Å². The number of nitrogens with one attached hydrogen (secondary N) is 1. The van der Waals surface area contributed by atoms with E-state index in [-0.39, 0.29) is 6.61 Å². The minimum absolute atomic E-state index is 0.188. The lowest BCUT2D eigenvalue weighted by Gasteiger charge is -2.12. The first kappa shape index (κ1) is 17.0. The molecular formula is C16H24N2OS. The van der Waals surface area contributed by atoms with Crippen LogP contribution >= 0.6 is 11.8 Å². The monoisotopic (exact) mass is 292 g/mol. The molecule has 0 saturated carbocycles. The molecule has 0 radical (unpaired) electrons. The summed E-state index contributed by atoms with van der Waals surface area (Å²) in [4.78, 5) is 1.00. The molecule has 0 aliphatic rings. The second-order valence-electron chi connectivity index (χ2n) is 5.41. The van der Waals surface area contributed by atoms with Crippen LogP contribution in [0.25, 0.3) is 0 Å². The van der Waals surface area contributed by atoms with Gasteiger partial charge in [0.2, 0.25) is 0 Å². The van der Waals surface area contributed by atoms with Crippen LogP contribution < -0.4 is 5.32 Å². The fourth-order valence-corrected chi connectivity index (χ4v) is 2.87. The summed E-state index contributed by atoms with van der Waals surface area (Å²) in [6.45, 7) is 8.38. The average molecular weight is 292 g/mol. The zero-order chi connectivity index (χ0) is 15.0. The van der Waals surface area contributed by atoms with Gasteiger partial charge in [-0.2, -0.15) is 5.26 Å². The van der Waals surface area contributed by atoms with Gasteiger partial charge in [0.1, 0.15) is 6.07 Å². The number of thioether (sulfide) groups is 1. The molecule has 4 heteroatoms. The fourth-order valence-electron chi connectivity index (χ4n) is 1.84. The molecule has 1 rings (SSSR count). The summed E-state index contributed by atoms with van der Waals surface area (Å²) in [7, 11) is 0. The second-order valence-corrected chi connectivity index (χ2v) is 6.89. The Kier molecular flexibility index (Phi) is 7.68. The van der Waals surface area contributed by atoms with Crippen molar-refractivity contribution in [3.8, 4) is 6.07 Å². The van der Waals surface area contributed by atoms with Crippen LogP contribution in [0.2, 0.25) is 0 Å². The lowest BCUT2D eigenvalue weighted by molar-refractivity contribution is 0.289. The molecule has 0 aliphatic heterocycles. The molecule has 110 valence electrons. The summed E-state index contributed by atoms with van der Waals surface area (Å²) >= 11 is 1.65. The van der Waals surface area contributed by atoms with Crippen LogP contribution in [0.5, 0.6) is 0 Å². The van der Waals surface area contributed by atoms with Crippen LogP contribution in [0.4, 0.5) is 0 Å². The van der Waals surface area contributed by atoms with Crippen molar-refractivity contribution in [3.63, 3.8) is 0 Å². The molecule has 1 aromatic rings. The van der Waals surface area contributed by atoms with Crippen molar-refractivity contribution in [2.24, 2.45) is 5.92 Å². The lowest BCUT2D eigenvalue weighted by atomic mass is 10.1. The summed E-state index contributed by atoms with van der Waals surface area (Å²) in [6, 6.07) is 8.32. The smallest absolute Gasteiger partial charge is 0.100 e. The Balaban J connectivity index is 2.68. The van der Waals surface area contributed by atoms with Crippen molar-refractivity contribution >= 4 is 11.8 Å². The zero-order valence-corrected chi connectivity index (χ0v) is 13.3. The first-order chi connectivity index (χ1) is 9.56. The summed E-state index contributed by atoms with van der Waals surface area (Å²) in [5.74, 6) is 0.625. The van der Waals surface area contributed by atoms with Crippen molar-refractivity contribution in [1.82, 2.24) is 5.32 Å². The number of nitrogens with zero attached hydrogens (tertiary/aromatic N) is 1. The highest BCUT2D eigenvalue weighted by molar-refractivity contribution is 8.00. The minimum Gasteiger partial charge on any atom is -0.396 e. The third-order valence-electron chi connectivity index (χ3n) is 2.91. The molecule has 2 N–H and O–H groups in total. The van der Waals surface area contributed by atoms with Gasteiger partial charge in [0, 0.05) is 23.3 Å². The second kappa shape index (κ2) is 9.02. The first-order valence-electron chi connectivity index (χ1n) is 7.08. The van der Waals surface area contributed by atoms with Crippen LogP contribution in [0, 0.1) is 17.2 Å². The number of nitriles is 1. The van der Waals surface area contributed by atoms with Crippen molar-refractivity contribution in [2.75, 3.05) is 13.2 Å². The Bertz CT molecular complexity index is 454. The third-order valence-corrected chi connectivity index (χ3v) is 4.16. The Morgan fingerprint density at radius 3 is 2.70 bits per heavy atom. The van der Waals surface area contributed by atoms with E-state index in [0.717, 1.165) is 35.5 Å². The van der Waals surface area contributed by atoms with E-state index in [4.69, 9.17) is 5.11 Å². The molecule has 0 bridgehead atoms. The molecule has 1 unspecified atom stereocenters. The van der Waals surface area contributed by atoms with Crippen molar-refractivity contribution < 1.29 is 5.11 Å². The van der Waals surface area contributed by atoms with Crippen molar-refractivity contribution in [3.05, 3.63) is 29.3 Å². The van der Waals surface area contributed by atoms with Crippen LogP contribution in [-0.2, 0) is 6.54 Å². The number of aliphatic hydroxyl groups is 1. The quantitative estimate of drug-likeness (QED) is 0.723. The van der Waals surface area contributed by atoms with Gasteiger partial charge in [-0.15, -0.1) is 11.8 Å². The van der Waals surface area contributed by atoms with E-state index in [1.54, 1.807) is 11.8 Å². The van der Waals surface area contributed by atoms with Gasteiger partial charge in [-0.25, -0.2) is 0 Å². The van der Waals surface area contributed by atoms with E-state index in [1.165, 1.54) is 0 Å². The summed E-state index contributed by atoms with van der Waals surface area (Å²) in [5.41, 5.74) is 1.87. The van der Waals surface area contributed by atoms with E-state index in [9.17, 15) is 5.26 Å². The predicted molar refractivity (Wildman–Crippen MR) is 84.7 cm³/mol. The van der Waals surface area contributed by atoms with E-state index >= 15 is 0 Å². The topological polar surface area (TPSA) is 56.0 Å². The number of hydrogen-bond donors (Lipinski definition) is 2. The Morgan fingerprint density at radius 2 is 2.10 bits per heavy atom.